The molecule has 1 N–H and O–H groups in total. The standard InChI is InChI=1S/C16H25NO4/c1-10(2)7-11(3)17-16(18)12-8-13(19-4)15(21-6)14(9-12)20-5/h8-11H,7H2,1-6H3,(H,17,18)/t11-/m0/s1. The van der Waals surface area contributed by atoms with Crippen LogP contribution in [0.1, 0.15) is 37.6 Å². The summed E-state index contributed by atoms with van der Waals surface area (Å²) in [6.07, 6.45) is 0.927. The maximum atomic E-state index is 12.3. The second-order valence-electron chi connectivity index (χ2n) is 5.42. The number of ether oxygens (including phenoxy) is 3. The molecule has 21 heavy (non-hydrogen) atoms. The maximum absolute atomic E-state index is 12.3. The van der Waals surface area contributed by atoms with E-state index in [4.69, 9.17) is 14.2 Å². The van der Waals surface area contributed by atoms with E-state index in [1.807, 2.05) is 6.92 Å². The smallest absolute Gasteiger partial charge is 0.251 e. The Morgan fingerprint density at radius 3 is 1.95 bits per heavy atom. The van der Waals surface area contributed by atoms with Gasteiger partial charge in [0.15, 0.2) is 11.5 Å². The molecule has 0 aliphatic rings. The van der Waals surface area contributed by atoms with Gasteiger partial charge in [0, 0.05) is 11.6 Å². The Kier molecular flexibility index (Phi) is 6.34. The number of amides is 1. The van der Waals surface area contributed by atoms with Crippen LogP contribution in [-0.2, 0) is 0 Å². The van der Waals surface area contributed by atoms with E-state index < -0.39 is 0 Å². The molecule has 0 fully saturated rings. The van der Waals surface area contributed by atoms with Gasteiger partial charge in [-0.3, -0.25) is 4.79 Å². The lowest BCUT2D eigenvalue weighted by molar-refractivity contribution is 0.0935. The molecule has 1 aromatic rings. The SMILES string of the molecule is COc1cc(C(=O)N[C@@H](C)CC(C)C)cc(OC)c1OC. The lowest BCUT2D eigenvalue weighted by Crippen LogP contribution is -2.33. The van der Waals surface area contributed by atoms with Gasteiger partial charge in [0.2, 0.25) is 5.75 Å². The van der Waals surface area contributed by atoms with Crippen LogP contribution >= 0.6 is 0 Å². The monoisotopic (exact) mass is 295 g/mol. The average molecular weight is 295 g/mol. The second-order valence-corrected chi connectivity index (χ2v) is 5.42. The summed E-state index contributed by atoms with van der Waals surface area (Å²) >= 11 is 0. The second kappa shape index (κ2) is 7.76. The summed E-state index contributed by atoms with van der Waals surface area (Å²) in [6.45, 7) is 6.25. The molecule has 0 unspecified atom stereocenters. The Morgan fingerprint density at radius 2 is 1.57 bits per heavy atom. The van der Waals surface area contributed by atoms with Crippen LogP contribution in [0.25, 0.3) is 0 Å². The maximum Gasteiger partial charge on any atom is 0.251 e. The highest BCUT2D eigenvalue weighted by molar-refractivity contribution is 5.95. The summed E-state index contributed by atoms with van der Waals surface area (Å²) < 4.78 is 15.8. The van der Waals surface area contributed by atoms with Crippen molar-refractivity contribution in [2.24, 2.45) is 5.92 Å². The molecule has 1 rings (SSSR count). The lowest BCUT2D eigenvalue weighted by atomic mass is 10.0. The fraction of sp³-hybridized carbons (Fsp3) is 0.562. The van der Waals surface area contributed by atoms with E-state index in [1.165, 1.54) is 21.3 Å². The van der Waals surface area contributed by atoms with E-state index in [0.29, 0.717) is 28.7 Å². The molecule has 0 heterocycles. The summed E-state index contributed by atoms with van der Waals surface area (Å²) in [6, 6.07) is 3.41. The number of carbonyl (C=O) groups excluding carboxylic acids is 1. The average Bonchev–Trinajstić information content (AvgIpc) is 2.44. The van der Waals surface area contributed by atoms with Crippen molar-refractivity contribution in [2.45, 2.75) is 33.2 Å². The van der Waals surface area contributed by atoms with Gasteiger partial charge >= 0.3 is 0 Å². The van der Waals surface area contributed by atoms with Crippen LogP contribution in [-0.4, -0.2) is 33.3 Å². The third-order valence-corrected chi connectivity index (χ3v) is 3.13. The normalized spacial score (nSPS) is 12.0. The molecule has 0 saturated carbocycles. The zero-order valence-corrected chi connectivity index (χ0v) is 13.6. The van der Waals surface area contributed by atoms with Gasteiger partial charge < -0.3 is 19.5 Å². The lowest BCUT2D eigenvalue weighted by Gasteiger charge is -2.17. The molecule has 0 radical (unpaired) electrons. The van der Waals surface area contributed by atoms with Crippen LogP contribution in [0.15, 0.2) is 12.1 Å². The number of rotatable bonds is 7. The summed E-state index contributed by atoms with van der Waals surface area (Å²) in [5, 5.41) is 2.98. The van der Waals surface area contributed by atoms with Gasteiger partial charge in [-0.05, 0) is 31.4 Å². The van der Waals surface area contributed by atoms with Crippen LogP contribution in [0.2, 0.25) is 0 Å². The quantitative estimate of drug-likeness (QED) is 0.840. The highest BCUT2D eigenvalue weighted by Crippen LogP contribution is 2.38. The summed E-state index contributed by atoms with van der Waals surface area (Å²) in [4.78, 5) is 12.3. The minimum Gasteiger partial charge on any atom is -0.493 e. The van der Waals surface area contributed by atoms with E-state index in [2.05, 4.69) is 19.2 Å². The molecular formula is C16H25NO4. The summed E-state index contributed by atoms with van der Waals surface area (Å²) in [5.41, 5.74) is 0.486. The Hall–Kier alpha value is -1.91. The highest BCUT2D eigenvalue weighted by Gasteiger charge is 2.18. The third kappa shape index (κ3) is 4.55. The van der Waals surface area contributed by atoms with Crippen LogP contribution < -0.4 is 19.5 Å². The van der Waals surface area contributed by atoms with Crippen molar-refractivity contribution in [1.29, 1.82) is 0 Å². The van der Waals surface area contributed by atoms with E-state index in [0.717, 1.165) is 6.42 Å². The first kappa shape index (κ1) is 17.1. The molecule has 1 atom stereocenters. The van der Waals surface area contributed by atoms with E-state index in [9.17, 15) is 4.79 Å². The van der Waals surface area contributed by atoms with Crippen LogP contribution in [0.4, 0.5) is 0 Å². The number of hydrogen-bond acceptors (Lipinski definition) is 4. The van der Waals surface area contributed by atoms with Gasteiger partial charge in [-0.2, -0.15) is 0 Å². The molecule has 0 spiro atoms. The summed E-state index contributed by atoms with van der Waals surface area (Å²) in [5.74, 6) is 1.80. The predicted octanol–water partition coefficient (Wildman–Crippen LogP) is 2.88. The van der Waals surface area contributed by atoms with E-state index in [1.54, 1.807) is 12.1 Å². The van der Waals surface area contributed by atoms with Crippen molar-refractivity contribution < 1.29 is 19.0 Å². The number of methoxy groups -OCH3 is 3. The van der Waals surface area contributed by atoms with Crippen LogP contribution in [0.3, 0.4) is 0 Å². The van der Waals surface area contributed by atoms with Crippen molar-refractivity contribution in [3.8, 4) is 17.2 Å². The predicted molar refractivity (Wildman–Crippen MR) is 82.5 cm³/mol. The number of benzene rings is 1. The molecule has 0 bridgehead atoms. The minimum absolute atomic E-state index is 0.108. The highest BCUT2D eigenvalue weighted by atomic mass is 16.5. The Bertz CT molecular complexity index is 460. The number of carbonyl (C=O) groups is 1. The minimum atomic E-state index is -0.151. The van der Waals surface area contributed by atoms with Crippen molar-refractivity contribution in [1.82, 2.24) is 5.32 Å². The molecule has 0 aromatic heterocycles. The van der Waals surface area contributed by atoms with Gasteiger partial charge in [0.1, 0.15) is 0 Å². The molecule has 0 aliphatic carbocycles. The molecule has 1 amide bonds. The van der Waals surface area contributed by atoms with Gasteiger partial charge in [-0.15, -0.1) is 0 Å². The first-order chi connectivity index (χ1) is 9.92. The van der Waals surface area contributed by atoms with Gasteiger partial charge in [0.05, 0.1) is 21.3 Å². The van der Waals surface area contributed by atoms with E-state index >= 15 is 0 Å². The molecular weight excluding hydrogens is 270 g/mol. The first-order valence-electron chi connectivity index (χ1n) is 7.03. The topological polar surface area (TPSA) is 56.8 Å². The van der Waals surface area contributed by atoms with Crippen molar-refractivity contribution in [3.05, 3.63) is 17.7 Å². The molecule has 1 aromatic carbocycles. The van der Waals surface area contributed by atoms with Crippen molar-refractivity contribution in [2.75, 3.05) is 21.3 Å². The Balaban J connectivity index is 2.99. The Morgan fingerprint density at radius 1 is 1.05 bits per heavy atom. The van der Waals surface area contributed by atoms with Crippen LogP contribution in [0.5, 0.6) is 17.2 Å². The summed E-state index contributed by atoms with van der Waals surface area (Å²) in [7, 11) is 4.59. The molecule has 5 heteroatoms. The van der Waals surface area contributed by atoms with Gasteiger partial charge in [-0.25, -0.2) is 0 Å². The largest absolute Gasteiger partial charge is 0.493 e. The van der Waals surface area contributed by atoms with Gasteiger partial charge in [-0.1, -0.05) is 13.8 Å². The van der Waals surface area contributed by atoms with Crippen LogP contribution in [0, 0.1) is 5.92 Å². The molecule has 118 valence electrons. The Labute approximate surface area is 126 Å². The zero-order valence-electron chi connectivity index (χ0n) is 13.6. The number of nitrogens with one attached hydrogen (secondary N) is 1. The first-order valence-corrected chi connectivity index (χ1v) is 7.03. The van der Waals surface area contributed by atoms with E-state index in [-0.39, 0.29) is 11.9 Å². The zero-order chi connectivity index (χ0) is 16.0. The molecule has 0 saturated heterocycles. The molecule has 0 aliphatic heterocycles. The van der Waals surface area contributed by atoms with Crippen molar-refractivity contribution >= 4 is 5.91 Å². The molecule has 5 nitrogen and oxygen atoms in total. The fourth-order valence-corrected chi connectivity index (χ4v) is 2.29. The third-order valence-electron chi connectivity index (χ3n) is 3.13. The fourth-order valence-electron chi connectivity index (χ4n) is 2.29. The number of hydrogen-bond donors (Lipinski definition) is 1. The van der Waals surface area contributed by atoms with Gasteiger partial charge in [0.25, 0.3) is 5.91 Å². The van der Waals surface area contributed by atoms with Crippen molar-refractivity contribution in [3.63, 3.8) is 0 Å².